The molecule has 2 fully saturated rings. The SMILES string of the molecule is CCc1cccc2c(/C=C3\SC(=O)N(Cc4ccccc4F)C3=O)cn(CC(=O)NC3CCCC3)c12. The number of thioether (sulfide) groups is 1. The molecule has 1 aliphatic heterocycles. The highest BCUT2D eigenvalue weighted by Gasteiger charge is 2.35. The van der Waals surface area contributed by atoms with Crippen molar-refractivity contribution in [1.82, 2.24) is 14.8 Å². The second-order valence-corrected chi connectivity index (χ2v) is 10.3. The van der Waals surface area contributed by atoms with E-state index in [1.165, 1.54) is 6.07 Å². The molecule has 3 amide bonds. The van der Waals surface area contributed by atoms with Crippen LogP contribution in [0.3, 0.4) is 0 Å². The van der Waals surface area contributed by atoms with Gasteiger partial charge in [0.25, 0.3) is 11.1 Å². The highest BCUT2D eigenvalue weighted by atomic mass is 32.2. The summed E-state index contributed by atoms with van der Waals surface area (Å²) in [5.74, 6) is -0.923. The lowest BCUT2D eigenvalue weighted by molar-refractivity contribution is -0.123. The van der Waals surface area contributed by atoms with Crippen LogP contribution in [0.5, 0.6) is 0 Å². The van der Waals surface area contributed by atoms with Gasteiger partial charge in [-0.2, -0.15) is 0 Å². The number of hydrogen-bond donors (Lipinski definition) is 1. The van der Waals surface area contributed by atoms with Crippen LogP contribution in [-0.2, 0) is 29.1 Å². The Kier molecular flexibility index (Phi) is 6.96. The van der Waals surface area contributed by atoms with Crippen LogP contribution in [0.2, 0.25) is 0 Å². The number of nitrogens with one attached hydrogen (secondary N) is 1. The lowest BCUT2D eigenvalue weighted by Gasteiger charge is -2.13. The Balaban J connectivity index is 1.44. The molecule has 1 saturated heterocycles. The Morgan fingerprint density at radius 2 is 1.86 bits per heavy atom. The Labute approximate surface area is 213 Å². The second kappa shape index (κ2) is 10.3. The van der Waals surface area contributed by atoms with E-state index in [2.05, 4.69) is 12.2 Å². The predicted octanol–water partition coefficient (Wildman–Crippen LogP) is 5.64. The van der Waals surface area contributed by atoms with Gasteiger partial charge in [-0.1, -0.05) is 56.2 Å². The summed E-state index contributed by atoms with van der Waals surface area (Å²) in [5.41, 5.74) is 3.12. The molecule has 2 heterocycles. The molecule has 0 bridgehead atoms. The van der Waals surface area contributed by atoms with Crippen molar-refractivity contribution in [2.75, 3.05) is 0 Å². The van der Waals surface area contributed by atoms with E-state index in [9.17, 15) is 18.8 Å². The molecule has 2 aliphatic rings. The maximum Gasteiger partial charge on any atom is 0.293 e. The number of aryl methyl sites for hydroxylation is 1. The summed E-state index contributed by atoms with van der Waals surface area (Å²) in [6.07, 6.45) is 8.71. The number of aromatic nitrogens is 1. The van der Waals surface area contributed by atoms with Gasteiger partial charge in [-0.15, -0.1) is 0 Å². The minimum atomic E-state index is -0.452. The molecule has 1 saturated carbocycles. The molecule has 36 heavy (non-hydrogen) atoms. The van der Waals surface area contributed by atoms with E-state index in [4.69, 9.17) is 0 Å². The highest BCUT2D eigenvalue weighted by molar-refractivity contribution is 8.18. The number of nitrogens with zero attached hydrogens (tertiary/aromatic N) is 2. The first-order valence-electron chi connectivity index (χ1n) is 12.3. The molecule has 8 heteroatoms. The number of para-hydroxylation sites is 1. The summed E-state index contributed by atoms with van der Waals surface area (Å²) >= 11 is 0.852. The molecule has 0 spiro atoms. The third-order valence-electron chi connectivity index (χ3n) is 6.87. The number of imide groups is 1. The van der Waals surface area contributed by atoms with E-state index in [0.717, 1.165) is 70.8 Å². The van der Waals surface area contributed by atoms with Crippen molar-refractivity contribution in [3.63, 3.8) is 0 Å². The van der Waals surface area contributed by atoms with Crippen LogP contribution in [0.1, 0.15) is 49.3 Å². The molecule has 2 aromatic carbocycles. The summed E-state index contributed by atoms with van der Waals surface area (Å²) in [6, 6.07) is 12.3. The number of hydrogen-bond acceptors (Lipinski definition) is 4. The molecular weight excluding hydrogens is 477 g/mol. The third-order valence-corrected chi connectivity index (χ3v) is 7.78. The summed E-state index contributed by atoms with van der Waals surface area (Å²) in [7, 11) is 0. The van der Waals surface area contributed by atoms with E-state index in [-0.39, 0.29) is 29.9 Å². The van der Waals surface area contributed by atoms with E-state index in [1.54, 1.807) is 24.3 Å². The molecule has 0 radical (unpaired) electrons. The van der Waals surface area contributed by atoms with Crippen LogP contribution in [-0.4, -0.2) is 32.6 Å². The van der Waals surface area contributed by atoms with Gasteiger partial charge in [0.2, 0.25) is 5.91 Å². The fourth-order valence-corrected chi connectivity index (χ4v) is 5.89. The molecule has 186 valence electrons. The zero-order valence-corrected chi connectivity index (χ0v) is 20.9. The first-order chi connectivity index (χ1) is 17.4. The maximum absolute atomic E-state index is 14.1. The topological polar surface area (TPSA) is 71.4 Å². The fourth-order valence-electron chi connectivity index (χ4n) is 5.06. The Bertz CT molecular complexity index is 1370. The van der Waals surface area contributed by atoms with Crippen molar-refractivity contribution in [3.05, 3.63) is 76.1 Å². The van der Waals surface area contributed by atoms with E-state index >= 15 is 0 Å². The fraction of sp³-hybridized carbons (Fsp3) is 0.321. The third kappa shape index (κ3) is 4.82. The molecule has 5 rings (SSSR count). The maximum atomic E-state index is 14.1. The molecule has 3 aromatic rings. The van der Waals surface area contributed by atoms with Gasteiger partial charge >= 0.3 is 0 Å². The van der Waals surface area contributed by atoms with Crippen molar-refractivity contribution in [1.29, 1.82) is 0 Å². The zero-order valence-electron chi connectivity index (χ0n) is 20.1. The van der Waals surface area contributed by atoms with Gasteiger partial charge < -0.3 is 9.88 Å². The summed E-state index contributed by atoms with van der Waals surface area (Å²) in [4.78, 5) is 39.9. The minimum absolute atomic E-state index is 0.0264. The smallest absolute Gasteiger partial charge is 0.293 e. The number of carbonyl (C=O) groups excluding carboxylic acids is 3. The molecule has 1 N–H and O–H groups in total. The second-order valence-electron chi connectivity index (χ2n) is 9.29. The van der Waals surface area contributed by atoms with E-state index in [1.807, 2.05) is 29.0 Å². The Morgan fingerprint density at radius 3 is 2.61 bits per heavy atom. The van der Waals surface area contributed by atoms with Gasteiger partial charge in [0.05, 0.1) is 17.0 Å². The van der Waals surface area contributed by atoms with Gasteiger partial charge in [0.15, 0.2) is 0 Å². The van der Waals surface area contributed by atoms with Gasteiger partial charge in [-0.25, -0.2) is 4.39 Å². The number of amides is 3. The largest absolute Gasteiger partial charge is 0.352 e. The van der Waals surface area contributed by atoms with Crippen LogP contribution in [0.25, 0.3) is 17.0 Å². The van der Waals surface area contributed by atoms with Crippen molar-refractivity contribution >= 4 is 45.8 Å². The average molecular weight is 506 g/mol. The van der Waals surface area contributed by atoms with Crippen LogP contribution in [0.15, 0.2) is 53.6 Å². The standard InChI is InChI=1S/C28H28FN3O3S/c1-2-18-9-7-12-22-20(15-31(26(18)22)17-25(33)30-21-10-4-5-11-21)14-24-27(34)32(28(35)36-24)16-19-8-3-6-13-23(19)29/h3,6-9,12-15,21H,2,4-5,10-11,16-17H2,1H3,(H,30,33)/b24-14-. The lowest BCUT2D eigenvalue weighted by atomic mass is 10.1. The number of carbonyl (C=O) groups is 3. The highest BCUT2D eigenvalue weighted by Crippen LogP contribution is 2.36. The van der Waals surface area contributed by atoms with Crippen LogP contribution in [0.4, 0.5) is 9.18 Å². The van der Waals surface area contributed by atoms with Gasteiger partial charge in [-0.05, 0) is 48.7 Å². The number of halogens is 1. The summed E-state index contributed by atoms with van der Waals surface area (Å²) < 4.78 is 16.1. The van der Waals surface area contributed by atoms with Gasteiger partial charge in [0, 0.05) is 28.8 Å². The normalized spacial score (nSPS) is 17.6. The first-order valence-corrected chi connectivity index (χ1v) is 13.1. The molecule has 1 aliphatic carbocycles. The number of benzene rings is 2. The number of fused-ring (bicyclic) bond motifs is 1. The molecule has 0 unspecified atom stereocenters. The van der Waals surface area contributed by atoms with E-state index in [0.29, 0.717) is 5.56 Å². The zero-order chi connectivity index (χ0) is 25.2. The lowest BCUT2D eigenvalue weighted by Crippen LogP contribution is -2.35. The molecule has 1 aromatic heterocycles. The minimum Gasteiger partial charge on any atom is -0.352 e. The summed E-state index contributed by atoms with van der Waals surface area (Å²) in [5, 5.41) is 3.64. The first kappa shape index (κ1) is 24.3. The van der Waals surface area contributed by atoms with Crippen molar-refractivity contribution in [3.8, 4) is 0 Å². The van der Waals surface area contributed by atoms with Crippen LogP contribution >= 0.6 is 11.8 Å². The molecule has 6 nitrogen and oxygen atoms in total. The Morgan fingerprint density at radius 1 is 1.11 bits per heavy atom. The molecule has 0 atom stereocenters. The number of rotatable bonds is 7. The van der Waals surface area contributed by atoms with Crippen LogP contribution < -0.4 is 5.32 Å². The van der Waals surface area contributed by atoms with Crippen molar-refractivity contribution in [2.24, 2.45) is 0 Å². The Hall–Kier alpha value is -3.39. The van der Waals surface area contributed by atoms with E-state index < -0.39 is 17.0 Å². The van der Waals surface area contributed by atoms with Gasteiger partial charge in [0.1, 0.15) is 12.4 Å². The predicted molar refractivity (Wildman–Crippen MR) is 140 cm³/mol. The van der Waals surface area contributed by atoms with Crippen molar-refractivity contribution in [2.45, 2.75) is 58.2 Å². The van der Waals surface area contributed by atoms with Gasteiger partial charge in [-0.3, -0.25) is 19.3 Å². The molecular formula is C28H28FN3O3S. The monoisotopic (exact) mass is 505 g/mol. The quantitative estimate of drug-likeness (QED) is 0.422. The van der Waals surface area contributed by atoms with Crippen LogP contribution in [0, 0.1) is 5.82 Å². The van der Waals surface area contributed by atoms with Crippen molar-refractivity contribution < 1.29 is 18.8 Å². The average Bonchev–Trinajstić information content (AvgIpc) is 3.56. The summed E-state index contributed by atoms with van der Waals surface area (Å²) in [6.45, 7) is 2.14.